The van der Waals surface area contributed by atoms with Crippen LogP contribution in [0.1, 0.15) is 79.4 Å². The molecule has 0 spiro atoms. The van der Waals surface area contributed by atoms with Crippen LogP contribution in [0.5, 0.6) is 0 Å². The maximum atomic E-state index is 13.9. The van der Waals surface area contributed by atoms with E-state index in [-0.39, 0.29) is 53.7 Å². The van der Waals surface area contributed by atoms with Gasteiger partial charge in [-0.1, -0.05) is 74.5 Å². The van der Waals surface area contributed by atoms with E-state index in [4.69, 9.17) is 0 Å². The second-order valence-electron chi connectivity index (χ2n) is 12.9. The lowest BCUT2D eigenvalue weighted by atomic mass is 10.0. The molecule has 0 aliphatic heterocycles. The van der Waals surface area contributed by atoms with E-state index in [0.29, 0.717) is 13.0 Å². The maximum Gasteiger partial charge on any atom is 0.251 e. The van der Waals surface area contributed by atoms with Crippen molar-refractivity contribution in [2.24, 2.45) is 5.92 Å². The standard InChI is InChI=1S/C38H52N6O6S/c1-8-39-38(48)34(25(3)4)43-35(45)27(6)40-24-32(20-28-16-12-10-13-17-28)42-37(47)31-21-30(22-33(23-31)44(9-2)51(7,49)50)36(46)41-26(5)29-18-14-11-15-19-29/h10-19,21-23,25-27,32,34,40H,8-9,20,24H2,1-7H3,(H,39,48)(H,41,46)(H,42,47)(H,43,45)/t26-,27+,32+,34+/m1/s1. The van der Waals surface area contributed by atoms with Crippen LogP contribution in [0.3, 0.4) is 0 Å². The van der Waals surface area contributed by atoms with Gasteiger partial charge in [0.05, 0.1) is 24.0 Å². The highest BCUT2D eigenvalue weighted by Gasteiger charge is 2.27. The third-order valence-corrected chi connectivity index (χ3v) is 9.66. The van der Waals surface area contributed by atoms with Crippen LogP contribution in [0.25, 0.3) is 0 Å². The Labute approximate surface area is 302 Å². The number of hydrogen-bond donors (Lipinski definition) is 5. The lowest BCUT2D eigenvalue weighted by Crippen LogP contribution is -2.55. The summed E-state index contributed by atoms with van der Waals surface area (Å²) in [5, 5.41) is 14.7. The molecule has 3 rings (SSSR count). The normalized spacial score (nSPS) is 13.7. The number of sulfonamides is 1. The van der Waals surface area contributed by atoms with Gasteiger partial charge in [0.15, 0.2) is 0 Å². The Kier molecular flexibility index (Phi) is 15.2. The Hall–Kier alpha value is -4.75. The van der Waals surface area contributed by atoms with Crippen molar-refractivity contribution in [2.45, 2.75) is 72.1 Å². The number of hydrogen-bond acceptors (Lipinski definition) is 7. The molecule has 0 saturated carbocycles. The van der Waals surface area contributed by atoms with E-state index in [0.717, 1.165) is 21.7 Å². The summed E-state index contributed by atoms with van der Waals surface area (Å²) >= 11 is 0. The minimum absolute atomic E-state index is 0.0870. The van der Waals surface area contributed by atoms with E-state index < -0.39 is 40.0 Å². The Morgan fingerprint density at radius 3 is 1.84 bits per heavy atom. The molecule has 51 heavy (non-hydrogen) atoms. The van der Waals surface area contributed by atoms with Crippen LogP contribution >= 0.6 is 0 Å². The number of carbonyl (C=O) groups excluding carboxylic acids is 4. The Balaban J connectivity index is 1.89. The van der Waals surface area contributed by atoms with Crippen molar-refractivity contribution in [3.63, 3.8) is 0 Å². The van der Waals surface area contributed by atoms with Crippen molar-refractivity contribution in [1.82, 2.24) is 26.6 Å². The molecule has 0 aromatic heterocycles. The highest BCUT2D eigenvalue weighted by molar-refractivity contribution is 7.92. The summed E-state index contributed by atoms with van der Waals surface area (Å²) in [4.78, 5) is 53.1. The molecule has 5 N–H and O–H groups in total. The number of benzene rings is 3. The van der Waals surface area contributed by atoms with E-state index >= 15 is 0 Å². The number of likely N-dealkylation sites (N-methyl/N-ethyl adjacent to an activating group) is 1. The maximum absolute atomic E-state index is 13.9. The molecule has 12 nitrogen and oxygen atoms in total. The molecule has 0 bridgehead atoms. The minimum atomic E-state index is -3.74. The molecule has 0 saturated heterocycles. The molecular formula is C38H52N6O6S. The monoisotopic (exact) mass is 720 g/mol. The second kappa shape index (κ2) is 19.0. The van der Waals surface area contributed by atoms with Gasteiger partial charge in [0.2, 0.25) is 21.8 Å². The number of anilines is 1. The van der Waals surface area contributed by atoms with Gasteiger partial charge in [-0.15, -0.1) is 0 Å². The molecular weight excluding hydrogens is 669 g/mol. The van der Waals surface area contributed by atoms with E-state index in [1.807, 2.05) is 88.4 Å². The van der Waals surface area contributed by atoms with Crippen molar-refractivity contribution in [3.05, 3.63) is 101 Å². The molecule has 4 amide bonds. The van der Waals surface area contributed by atoms with Gasteiger partial charge >= 0.3 is 0 Å². The molecule has 13 heteroatoms. The number of nitrogens with one attached hydrogen (secondary N) is 5. The van der Waals surface area contributed by atoms with Crippen molar-refractivity contribution < 1.29 is 27.6 Å². The highest BCUT2D eigenvalue weighted by Crippen LogP contribution is 2.23. The lowest BCUT2D eigenvalue weighted by Gasteiger charge is -2.26. The van der Waals surface area contributed by atoms with Crippen LogP contribution in [0.2, 0.25) is 0 Å². The third-order valence-electron chi connectivity index (χ3n) is 8.39. The van der Waals surface area contributed by atoms with Gasteiger partial charge in [0, 0.05) is 36.8 Å². The van der Waals surface area contributed by atoms with Crippen LogP contribution in [-0.2, 0) is 26.0 Å². The number of nitrogens with zero attached hydrogens (tertiary/aromatic N) is 1. The van der Waals surface area contributed by atoms with E-state index in [2.05, 4.69) is 26.6 Å². The van der Waals surface area contributed by atoms with Crippen LogP contribution < -0.4 is 30.9 Å². The zero-order valence-electron chi connectivity index (χ0n) is 30.5. The molecule has 3 aromatic rings. The molecule has 3 aromatic carbocycles. The van der Waals surface area contributed by atoms with Gasteiger partial charge in [-0.05, 0) is 69.4 Å². The summed E-state index contributed by atoms with van der Waals surface area (Å²) in [6.07, 6.45) is 1.48. The Morgan fingerprint density at radius 2 is 1.31 bits per heavy atom. The van der Waals surface area contributed by atoms with Crippen molar-refractivity contribution in [2.75, 3.05) is 30.2 Å². The average molecular weight is 721 g/mol. The molecule has 4 atom stereocenters. The Bertz CT molecular complexity index is 1740. The lowest BCUT2D eigenvalue weighted by molar-refractivity contribution is -0.130. The van der Waals surface area contributed by atoms with E-state index in [1.54, 1.807) is 13.8 Å². The predicted molar refractivity (Wildman–Crippen MR) is 201 cm³/mol. The van der Waals surface area contributed by atoms with Crippen LogP contribution in [0.15, 0.2) is 78.9 Å². The number of amides is 4. The first-order valence-corrected chi connectivity index (χ1v) is 19.1. The fourth-order valence-corrected chi connectivity index (χ4v) is 6.54. The molecule has 0 fully saturated rings. The first kappa shape index (κ1) is 40.7. The molecule has 276 valence electrons. The van der Waals surface area contributed by atoms with Crippen LogP contribution in [0, 0.1) is 5.92 Å². The minimum Gasteiger partial charge on any atom is -0.355 e. The second-order valence-corrected chi connectivity index (χ2v) is 14.8. The van der Waals surface area contributed by atoms with Gasteiger partial charge in [0.1, 0.15) is 6.04 Å². The SMILES string of the molecule is CCNC(=O)[C@@H](NC(=O)[C@H](C)NC[C@H](Cc1ccccc1)NC(=O)c1cc(C(=O)N[C@H](C)c2ccccc2)cc(N(CC)S(C)(=O)=O)c1)C(C)C. The summed E-state index contributed by atoms with van der Waals surface area (Å²) in [6.45, 7) is 11.4. The zero-order chi connectivity index (χ0) is 37.7. The molecule has 0 unspecified atom stereocenters. The topological polar surface area (TPSA) is 166 Å². The largest absolute Gasteiger partial charge is 0.355 e. The van der Waals surface area contributed by atoms with Crippen LogP contribution in [0.4, 0.5) is 5.69 Å². The van der Waals surface area contributed by atoms with Gasteiger partial charge in [-0.2, -0.15) is 0 Å². The third kappa shape index (κ3) is 12.2. The first-order valence-electron chi connectivity index (χ1n) is 17.3. The van der Waals surface area contributed by atoms with Crippen molar-refractivity contribution >= 4 is 39.3 Å². The summed E-state index contributed by atoms with van der Waals surface area (Å²) in [6, 6.07) is 21.0. The summed E-state index contributed by atoms with van der Waals surface area (Å²) in [5.74, 6) is -1.75. The highest BCUT2D eigenvalue weighted by atomic mass is 32.2. The predicted octanol–water partition coefficient (Wildman–Crippen LogP) is 3.56. The fraction of sp³-hybridized carbons (Fsp3) is 0.421. The van der Waals surface area contributed by atoms with E-state index in [9.17, 15) is 27.6 Å². The first-order chi connectivity index (χ1) is 24.1. The average Bonchev–Trinajstić information content (AvgIpc) is 3.09. The van der Waals surface area contributed by atoms with E-state index in [1.165, 1.54) is 18.2 Å². The summed E-state index contributed by atoms with van der Waals surface area (Å²) < 4.78 is 26.6. The molecule has 0 radical (unpaired) electrons. The van der Waals surface area contributed by atoms with Gasteiger partial charge < -0.3 is 26.6 Å². The van der Waals surface area contributed by atoms with Gasteiger partial charge in [-0.3, -0.25) is 23.5 Å². The molecule has 0 aliphatic rings. The Morgan fingerprint density at radius 1 is 0.745 bits per heavy atom. The van der Waals surface area contributed by atoms with Gasteiger partial charge in [0.25, 0.3) is 11.8 Å². The number of rotatable bonds is 18. The van der Waals surface area contributed by atoms with Crippen LogP contribution in [-0.4, -0.2) is 76.1 Å². The smallest absolute Gasteiger partial charge is 0.251 e. The number of carbonyl (C=O) groups is 4. The fourth-order valence-electron chi connectivity index (χ4n) is 5.58. The summed E-state index contributed by atoms with van der Waals surface area (Å²) in [5.41, 5.74) is 2.22. The quantitative estimate of drug-likeness (QED) is 0.134. The zero-order valence-corrected chi connectivity index (χ0v) is 31.3. The van der Waals surface area contributed by atoms with Crippen molar-refractivity contribution in [3.8, 4) is 0 Å². The summed E-state index contributed by atoms with van der Waals surface area (Å²) in [7, 11) is -3.74. The molecule has 0 heterocycles. The van der Waals surface area contributed by atoms with Crippen molar-refractivity contribution in [1.29, 1.82) is 0 Å². The van der Waals surface area contributed by atoms with Gasteiger partial charge in [-0.25, -0.2) is 8.42 Å². The molecule has 0 aliphatic carbocycles.